The highest BCUT2D eigenvalue weighted by molar-refractivity contribution is 7.50. The third-order valence-electron chi connectivity index (χ3n) is 9.76. The lowest BCUT2D eigenvalue weighted by Gasteiger charge is -2.40. The predicted molar refractivity (Wildman–Crippen MR) is 203 cm³/mol. The van der Waals surface area contributed by atoms with Gasteiger partial charge in [0.05, 0.1) is 55.6 Å². The van der Waals surface area contributed by atoms with Crippen LogP contribution in [0.5, 0.6) is 0 Å². The number of fused-ring (bicyclic) bond motifs is 1. The van der Waals surface area contributed by atoms with E-state index in [1.165, 1.54) is 6.07 Å². The summed E-state index contributed by atoms with van der Waals surface area (Å²) in [5, 5.41) is 13.8. The molecule has 6 rings (SSSR count). The Balaban J connectivity index is 1.13. The standard InChI is InChI=1S/C39H51FN7O6P/c1-38(2,25-42)51-39(3,4)44-37(48)28-12-13-31-33(21-28)46(35-16-19-49-35)34(43-31)23-45-17-14-27(15-18-45)32-8-7-9-36(47(32)52-53-54(5)6)50-24-29-11-10-26(22-41)20-30(29)40/h7-13,20-21,27,32,35H,14-19,23-25,42H2,1-6H3,(H,44,48). The number of nitrogens with zero attached hydrogens (tertiary/aromatic N) is 5. The number of ether oxygens (including phenoxy) is 3. The average Bonchev–Trinajstić information content (AvgIpc) is 3.45. The molecule has 1 aromatic heterocycles. The molecule has 0 spiro atoms. The van der Waals surface area contributed by atoms with Gasteiger partial charge in [0.25, 0.3) is 5.91 Å². The molecule has 3 N–H and O–H groups in total. The lowest BCUT2D eigenvalue weighted by atomic mass is 9.88. The molecule has 0 aliphatic carbocycles. The first-order valence-electron chi connectivity index (χ1n) is 18.3. The van der Waals surface area contributed by atoms with Gasteiger partial charge in [0, 0.05) is 30.2 Å². The van der Waals surface area contributed by atoms with E-state index in [0.29, 0.717) is 36.7 Å². The first-order valence-corrected chi connectivity index (χ1v) is 20.5. The number of rotatable bonds is 15. The van der Waals surface area contributed by atoms with Gasteiger partial charge in [0.2, 0.25) is 5.88 Å². The van der Waals surface area contributed by atoms with Crippen molar-refractivity contribution < 1.29 is 33.1 Å². The average molecular weight is 764 g/mol. The fraction of sp³-hybridized carbons (Fsp3) is 0.513. The number of hydrogen-bond acceptors (Lipinski definition) is 11. The summed E-state index contributed by atoms with van der Waals surface area (Å²) in [7, 11) is -0.834. The molecule has 54 heavy (non-hydrogen) atoms. The number of carbonyl (C=O) groups excluding carboxylic acids is 1. The first kappa shape index (κ1) is 39.8. The third kappa shape index (κ3) is 9.47. The van der Waals surface area contributed by atoms with E-state index >= 15 is 0 Å². The van der Waals surface area contributed by atoms with Crippen LogP contribution in [0, 0.1) is 23.1 Å². The van der Waals surface area contributed by atoms with Crippen molar-refractivity contribution in [1.29, 1.82) is 5.26 Å². The number of nitrogens with two attached hydrogens (primary N) is 1. The molecule has 13 nitrogen and oxygen atoms in total. The summed E-state index contributed by atoms with van der Waals surface area (Å²) in [4.78, 5) is 26.7. The van der Waals surface area contributed by atoms with Gasteiger partial charge < -0.3 is 25.3 Å². The van der Waals surface area contributed by atoms with Crippen LogP contribution >= 0.6 is 8.15 Å². The van der Waals surface area contributed by atoms with Crippen molar-refractivity contribution in [3.05, 3.63) is 88.8 Å². The number of aromatic nitrogens is 2. The van der Waals surface area contributed by atoms with Gasteiger partial charge in [-0.1, -0.05) is 18.2 Å². The number of nitriles is 1. The number of hydrogen-bond donors (Lipinski definition) is 2. The molecule has 2 saturated heterocycles. The van der Waals surface area contributed by atoms with E-state index in [-0.39, 0.29) is 36.3 Å². The molecular weight excluding hydrogens is 712 g/mol. The highest BCUT2D eigenvalue weighted by Gasteiger charge is 2.36. The second-order valence-corrected chi connectivity index (χ2v) is 17.0. The smallest absolute Gasteiger partial charge is 0.253 e. The molecule has 15 heteroatoms. The molecule has 290 valence electrons. The summed E-state index contributed by atoms with van der Waals surface area (Å²) in [6.45, 7) is 14.5. The van der Waals surface area contributed by atoms with Gasteiger partial charge in [0.1, 0.15) is 30.2 Å². The Morgan fingerprint density at radius 3 is 2.56 bits per heavy atom. The van der Waals surface area contributed by atoms with Crippen molar-refractivity contribution in [3.8, 4) is 6.07 Å². The van der Waals surface area contributed by atoms with Gasteiger partial charge in [-0.2, -0.15) is 15.0 Å². The molecule has 3 aliphatic rings. The molecule has 1 amide bonds. The van der Waals surface area contributed by atoms with Crippen LogP contribution in [0.2, 0.25) is 0 Å². The Hall–Kier alpha value is -3.93. The maximum atomic E-state index is 14.6. The zero-order valence-electron chi connectivity index (χ0n) is 31.9. The van der Waals surface area contributed by atoms with Gasteiger partial charge >= 0.3 is 0 Å². The van der Waals surface area contributed by atoms with Gasteiger partial charge in [-0.3, -0.25) is 14.3 Å². The van der Waals surface area contributed by atoms with Crippen molar-refractivity contribution in [2.45, 2.75) is 83.7 Å². The lowest BCUT2D eigenvalue weighted by molar-refractivity contribution is -0.376. The monoisotopic (exact) mass is 763 g/mol. The highest BCUT2D eigenvalue weighted by atomic mass is 31.1. The van der Waals surface area contributed by atoms with Crippen LogP contribution in [0.25, 0.3) is 11.0 Å². The topological polar surface area (TPSA) is 149 Å². The number of carbonyl (C=O) groups is 1. The summed E-state index contributed by atoms with van der Waals surface area (Å²) in [6, 6.07) is 11.7. The quantitative estimate of drug-likeness (QED) is 0.0787. The summed E-state index contributed by atoms with van der Waals surface area (Å²) in [6.07, 6.45) is 8.28. The Kier molecular flexibility index (Phi) is 12.4. The SMILES string of the molecule is CP(C)OON1C(OCc2ccc(C#N)cc2F)=CC=CC1C1CCN(Cc2nc3ccc(C(=O)NC(C)(C)OC(C)(C)CN)cc3n2C2CCO2)CC1. The predicted octanol–water partition coefficient (Wildman–Crippen LogP) is 6.22. The van der Waals surface area contributed by atoms with Crippen LogP contribution in [0.15, 0.2) is 60.5 Å². The van der Waals surface area contributed by atoms with E-state index < -0.39 is 25.3 Å². The van der Waals surface area contributed by atoms with Crippen molar-refractivity contribution in [2.24, 2.45) is 11.7 Å². The number of likely N-dealkylation sites (tertiary alicyclic amines) is 1. The lowest BCUT2D eigenvalue weighted by Crippen LogP contribution is -2.52. The molecular formula is C39H51FN7O6P. The van der Waals surface area contributed by atoms with Crippen molar-refractivity contribution >= 4 is 25.1 Å². The maximum absolute atomic E-state index is 14.6. The summed E-state index contributed by atoms with van der Waals surface area (Å²) in [5.74, 6) is 0.782. The highest BCUT2D eigenvalue weighted by Crippen LogP contribution is 2.36. The van der Waals surface area contributed by atoms with E-state index in [9.17, 15) is 9.18 Å². The number of amides is 1. The zero-order chi connectivity index (χ0) is 38.6. The van der Waals surface area contributed by atoms with Crippen LogP contribution in [-0.4, -0.2) is 82.4 Å². The molecule has 3 aromatic rings. The van der Waals surface area contributed by atoms with Gasteiger partial charge in [0.15, 0.2) is 0 Å². The van der Waals surface area contributed by atoms with Crippen LogP contribution in [0.4, 0.5) is 4.39 Å². The van der Waals surface area contributed by atoms with Gasteiger partial charge in [-0.25, -0.2) is 9.37 Å². The van der Waals surface area contributed by atoms with Crippen LogP contribution in [0.3, 0.4) is 0 Å². The number of piperidine rings is 1. The summed E-state index contributed by atoms with van der Waals surface area (Å²) >= 11 is 0. The largest absolute Gasteiger partial charge is 0.473 e. The number of imidazole rings is 1. The number of benzene rings is 2. The normalized spacial score (nSPS) is 19.9. The molecule has 0 saturated carbocycles. The number of allylic oxidation sites excluding steroid dienone is 2. The number of halogens is 1. The van der Waals surface area contributed by atoms with Gasteiger partial charge in [-0.15, -0.1) is 4.99 Å². The molecule has 4 heterocycles. The second-order valence-electron chi connectivity index (χ2n) is 15.2. The minimum absolute atomic E-state index is 0.0351. The number of hydroxylamine groups is 2. The Morgan fingerprint density at radius 1 is 1.15 bits per heavy atom. The summed E-state index contributed by atoms with van der Waals surface area (Å²) < 4.78 is 40.6. The Labute approximate surface area is 317 Å². The zero-order valence-corrected chi connectivity index (χ0v) is 32.8. The Morgan fingerprint density at radius 2 is 1.91 bits per heavy atom. The van der Waals surface area contributed by atoms with Gasteiger partial charge in [-0.05, 0) is 103 Å². The van der Waals surface area contributed by atoms with E-state index in [0.717, 1.165) is 49.2 Å². The molecule has 0 bridgehead atoms. The molecule has 0 radical (unpaired) electrons. The fourth-order valence-corrected chi connectivity index (χ4v) is 7.19. The maximum Gasteiger partial charge on any atom is 0.253 e. The number of nitrogens with one attached hydrogen (secondary N) is 1. The molecule has 2 aromatic carbocycles. The van der Waals surface area contributed by atoms with Crippen molar-refractivity contribution in [1.82, 2.24) is 24.8 Å². The van der Waals surface area contributed by atoms with Crippen molar-refractivity contribution in [3.63, 3.8) is 0 Å². The van der Waals surface area contributed by atoms with E-state index in [2.05, 4.69) is 20.9 Å². The minimum atomic E-state index is -0.932. The summed E-state index contributed by atoms with van der Waals surface area (Å²) in [5.41, 5.74) is 7.08. The van der Waals surface area contributed by atoms with Crippen LogP contribution < -0.4 is 11.1 Å². The Bertz CT molecular complexity index is 1910. The van der Waals surface area contributed by atoms with E-state index in [1.54, 1.807) is 29.3 Å². The molecule has 3 aliphatic heterocycles. The minimum Gasteiger partial charge on any atom is -0.473 e. The van der Waals surface area contributed by atoms with Crippen LogP contribution in [0.1, 0.15) is 80.5 Å². The third-order valence-corrected chi connectivity index (χ3v) is 10.1. The van der Waals surface area contributed by atoms with Crippen molar-refractivity contribution in [2.75, 3.05) is 39.6 Å². The second kappa shape index (κ2) is 16.8. The van der Waals surface area contributed by atoms with Crippen LogP contribution in [-0.2, 0) is 37.0 Å². The van der Waals surface area contributed by atoms with E-state index in [1.807, 2.05) is 65.3 Å². The molecule has 2 fully saturated rings. The fourth-order valence-electron chi connectivity index (χ4n) is 6.99. The molecule has 2 atom stereocenters. The van der Waals surface area contributed by atoms with E-state index in [4.69, 9.17) is 39.9 Å². The first-order chi connectivity index (χ1) is 25.8. The molecule has 2 unspecified atom stereocenters.